The smallest absolute Gasteiger partial charge is 0.251 e. The van der Waals surface area contributed by atoms with Gasteiger partial charge in [0.1, 0.15) is 0 Å². The van der Waals surface area contributed by atoms with Gasteiger partial charge in [-0.3, -0.25) is 9.89 Å². The van der Waals surface area contributed by atoms with Crippen LogP contribution in [0.25, 0.3) is 11.1 Å². The number of hydrogen-bond acceptors (Lipinski definition) is 3. The highest BCUT2D eigenvalue weighted by atomic mass is 19.2. The summed E-state index contributed by atoms with van der Waals surface area (Å²) in [5.41, 5.74) is 0.306. The second-order valence-electron chi connectivity index (χ2n) is 5.36. The highest BCUT2D eigenvalue weighted by molar-refractivity contribution is 5.94. The van der Waals surface area contributed by atoms with Crippen molar-refractivity contribution >= 4 is 5.91 Å². The van der Waals surface area contributed by atoms with Crippen LogP contribution in [0.5, 0.6) is 5.75 Å². The molecule has 0 saturated carbocycles. The van der Waals surface area contributed by atoms with Gasteiger partial charge in [-0.05, 0) is 12.1 Å². The normalized spacial score (nSPS) is 10.6. The van der Waals surface area contributed by atoms with Gasteiger partial charge in [0.15, 0.2) is 17.4 Å². The van der Waals surface area contributed by atoms with Gasteiger partial charge in [-0.2, -0.15) is 9.49 Å². The lowest BCUT2D eigenvalue weighted by atomic mass is 9.99. The van der Waals surface area contributed by atoms with E-state index in [-0.39, 0.29) is 23.2 Å². The highest BCUT2D eigenvalue weighted by Crippen LogP contribution is 2.37. The molecule has 0 atom stereocenters. The van der Waals surface area contributed by atoms with E-state index in [1.165, 1.54) is 12.4 Å². The van der Waals surface area contributed by atoms with Crippen molar-refractivity contribution in [2.24, 2.45) is 0 Å². The fourth-order valence-electron chi connectivity index (χ4n) is 2.61. The number of nitrogens with one attached hydrogen (secondary N) is 2. The topological polar surface area (TPSA) is 67.0 Å². The van der Waals surface area contributed by atoms with Crippen molar-refractivity contribution in [3.05, 3.63) is 71.3 Å². The number of halogens is 3. The third-order valence-corrected chi connectivity index (χ3v) is 3.83. The third kappa shape index (κ3) is 3.13. The molecule has 8 heteroatoms. The van der Waals surface area contributed by atoms with E-state index in [0.29, 0.717) is 5.56 Å². The fourth-order valence-corrected chi connectivity index (χ4v) is 2.61. The monoisotopic (exact) mass is 361 g/mol. The summed E-state index contributed by atoms with van der Waals surface area (Å²) in [6.45, 7) is -0.272. The highest BCUT2D eigenvalue weighted by Gasteiger charge is 2.27. The van der Waals surface area contributed by atoms with Crippen LogP contribution in [0.15, 0.2) is 42.7 Å². The number of H-pyrrole nitrogens is 1. The van der Waals surface area contributed by atoms with Crippen molar-refractivity contribution in [3.63, 3.8) is 0 Å². The van der Waals surface area contributed by atoms with Crippen LogP contribution in [0.2, 0.25) is 0 Å². The molecule has 2 N–H and O–H groups in total. The summed E-state index contributed by atoms with van der Waals surface area (Å²) in [6.07, 6.45) is 2.59. The van der Waals surface area contributed by atoms with E-state index in [9.17, 15) is 18.0 Å². The SMILES string of the molecule is COc1c(F)c(F)c(F)c(-c2cn[nH]c2)c1CNC(=O)c1ccccc1. The first-order chi connectivity index (χ1) is 12.5. The Morgan fingerprint density at radius 3 is 2.50 bits per heavy atom. The molecule has 3 rings (SSSR count). The van der Waals surface area contributed by atoms with Gasteiger partial charge in [0.25, 0.3) is 5.91 Å². The summed E-state index contributed by atoms with van der Waals surface area (Å²) in [4.78, 5) is 12.2. The summed E-state index contributed by atoms with van der Waals surface area (Å²) < 4.78 is 47.4. The second kappa shape index (κ2) is 7.30. The van der Waals surface area contributed by atoms with Crippen molar-refractivity contribution in [1.82, 2.24) is 15.5 Å². The van der Waals surface area contributed by atoms with E-state index < -0.39 is 29.1 Å². The molecule has 0 fully saturated rings. The molecule has 1 heterocycles. The number of ether oxygens (including phenoxy) is 1. The molecule has 2 aromatic carbocycles. The number of hydrogen-bond donors (Lipinski definition) is 2. The number of carbonyl (C=O) groups excluding carboxylic acids is 1. The number of carbonyl (C=O) groups is 1. The zero-order valence-corrected chi connectivity index (χ0v) is 13.6. The summed E-state index contributed by atoms with van der Waals surface area (Å²) in [7, 11) is 1.14. The van der Waals surface area contributed by atoms with E-state index >= 15 is 0 Å². The van der Waals surface area contributed by atoms with Crippen LogP contribution in [0.1, 0.15) is 15.9 Å². The van der Waals surface area contributed by atoms with Crippen molar-refractivity contribution in [2.45, 2.75) is 6.54 Å². The number of benzene rings is 2. The second-order valence-corrected chi connectivity index (χ2v) is 5.36. The van der Waals surface area contributed by atoms with Gasteiger partial charge in [0.2, 0.25) is 5.82 Å². The van der Waals surface area contributed by atoms with Crippen LogP contribution < -0.4 is 10.1 Å². The predicted octanol–water partition coefficient (Wildman–Crippen LogP) is 3.43. The molecule has 134 valence electrons. The van der Waals surface area contributed by atoms with Crippen molar-refractivity contribution < 1.29 is 22.7 Å². The molecular weight excluding hydrogens is 347 g/mol. The lowest BCUT2D eigenvalue weighted by Gasteiger charge is -2.16. The Kier molecular flexibility index (Phi) is 4.92. The quantitative estimate of drug-likeness (QED) is 0.684. The van der Waals surface area contributed by atoms with Crippen LogP contribution in [-0.4, -0.2) is 23.2 Å². The molecule has 0 aliphatic carbocycles. The summed E-state index contributed by atoms with van der Waals surface area (Å²) in [5, 5.41) is 8.74. The van der Waals surface area contributed by atoms with E-state index in [1.807, 2.05) is 0 Å². The van der Waals surface area contributed by atoms with Crippen molar-refractivity contribution in [2.75, 3.05) is 7.11 Å². The molecule has 0 unspecified atom stereocenters. The van der Waals surface area contributed by atoms with Crippen LogP contribution in [0.3, 0.4) is 0 Å². The Morgan fingerprint density at radius 1 is 1.15 bits per heavy atom. The number of rotatable bonds is 5. The lowest BCUT2D eigenvalue weighted by Crippen LogP contribution is -2.24. The lowest BCUT2D eigenvalue weighted by molar-refractivity contribution is 0.0950. The van der Waals surface area contributed by atoms with Crippen LogP contribution in [-0.2, 0) is 6.54 Å². The molecule has 0 spiro atoms. The van der Waals surface area contributed by atoms with Crippen molar-refractivity contribution in [3.8, 4) is 16.9 Å². The number of nitrogens with zero attached hydrogens (tertiary/aromatic N) is 1. The predicted molar refractivity (Wildman–Crippen MR) is 88.1 cm³/mol. The summed E-state index contributed by atoms with van der Waals surface area (Å²) in [6, 6.07) is 8.31. The van der Waals surface area contributed by atoms with Crippen LogP contribution in [0.4, 0.5) is 13.2 Å². The molecule has 0 radical (unpaired) electrons. The zero-order chi connectivity index (χ0) is 18.7. The molecule has 0 aliphatic rings. The van der Waals surface area contributed by atoms with Crippen LogP contribution >= 0.6 is 0 Å². The first kappa shape index (κ1) is 17.5. The Hall–Kier alpha value is -3.29. The molecule has 0 saturated heterocycles. The third-order valence-electron chi connectivity index (χ3n) is 3.83. The molecule has 3 aromatic rings. The zero-order valence-electron chi connectivity index (χ0n) is 13.6. The van der Waals surface area contributed by atoms with Gasteiger partial charge in [-0.15, -0.1) is 0 Å². The number of aromatic amines is 1. The van der Waals surface area contributed by atoms with Gasteiger partial charge in [0.05, 0.1) is 13.3 Å². The van der Waals surface area contributed by atoms with Gasteiger partial charge >= 0.3 is 0 Å². The maximum atomic E-state index is 14.4. The minimum atomic E-state index is -1.66. The standard InChI is InChI=1S/C18H14F3N3O2/c1-26-17-12(9-22-18(25)10-5-3-2-4-6-10)13(11-7-23-24-8-11)14(19)15(20)16(17)21/h2-8H,9H2,1H3,(H,22,25)(H,23,24). The Balaban J connectivity index is 2.03. The molecule has 0 aliphatic heterocycles. The largest absolute Gasteiger partial charge is 0.493 e. The Labute approximate surface area is 146 Å². The van der Waals surface area contributed by atoms with Gasteiger partial charge in [-0.25, -0.2) is 8.78 Å². The molecule has 26 heavy (non-hydrogen) atoms. The Morgan fingerprint density at radius 2 is 1.88 bits per heavy atom. The first-order valence-corrected chi connectivity index (χ1v) is 7.60. The van der Waals surface area contributed by atoms with Crippen LogP contribution in [0, 0.1) is 17.5 Å². The minimum absolute atomic E-state index is 0.0328. The fraction of sp³-hybridized carbons (Fsp3) is 0.111. The average molecular weight is 361 g/mol. The first-order valence-electron chi connectivity index (χ1n) is 7.60. The number of methoxy groups -OCH3 is 1. The van der Waals surface area contributed by atoms with Gasteiger partial charge in [-0.1, -0.05) is 18.2 Å². The molecular formula is C18H14F3N3O2. The van der Waals surface area contributed by atoms with Crippen molar-refractivity contribution in [1.29, 1.82) is 0 Å². The Bertz CT molecular complexity index is 929. The number of amides is 1. The molecule has 1 amide bonds. The van der Waals surface area contributed by atoms with Gasteiger partial charge < -0.3 is 10.1 Å². The summed E-state index contributed by atoms with van der Waals surface area (Å²) >= 11 is 0. The molecule has 5 nitrogen and oxygen atoms in total. The van der Waals surface area contributed by atoms with Gasteiger partial charge in [0, 0.05) is 35.0 Å². The summed E-state index contributed by atoms with van der Waals surface area (Å²) in [5.74, 6) is -5.42. The maximum absolute atomic E-state index is 14.4. The molecule has 1 aromatic heterocycles. The maximum Gasteiger partial charge on any atom is 0.251 e. The van der Waals surface area contributed by atoms with E-state index in [2.05, 4.69) is 15.5 Å². The minimum Gasteiger partial charge on any atom is -0.493 e. The van der Waals surface area contributed by atoms with E-state index in [1.54, 1.807) is 30.3 Å². The van der Waals surface area contributed by atoms with E-state index in [4.69, 9.17) is 4.74 Å². The molecule has 0 bridgehead atoms. The average Bonchev–Trinajstić information content (AvgIpc) is 3.19. The van der Waals surface area contributed by atoms with E-state index in [0.717, 1.165) is 7.11 Å². The number of aromatic nitrogens is 2.